The number of hydrogen-bond acceptors (Lipinski definition) is 4. The summed E-state index contributed by atoms with van der Waals surface area (Å²) >= 11 is 0. The van der Waals surface area contributed by atoms with Crippen molar-refractivity contribution in [1.29, 1.82) is 0 Å². The molecule has 1 amide bonds. The molecule has 0 unspecified atom stereocenters. The fourth-order valence-corrected chi connectivity index (χ4v) is 2.05. The van der Waals surface area contributed by atoms with Gasteiger partial charge in [0.1, 0.15) is 23.7 Å². The largest absolute Gasteiger partial charge is 0.508 e. The maximum Gasteiger partial charge on any atom is 0.430 e. The number of rotatable bonds is 4. The van der Waals surface area contributed by atoms with Gasteiger partial charge in [0.25, 0.3) is 0 Å². The van der Waals surface area contributed by atoms with Crippen LogP contribution in [0.1, 0.15) is 37.5 Å². The summed E-state index contributed by atoms with van der Waals surface area (Å²) in [5.41, 5.74) is 1.98. The van der Waals surface area contributed by atoms with Crippen LogP contribution in [-0.2, 0) is 16.0 Å². The summed E-state index contributed by atoms with van der Waals surface area (Å²) in [6.07, 6.45) is 0.199. The van der Waals surface area contributed by atoms with Gasteiger partial charge in [0.2, 0.25) is 0 Å². The molecule has 0 bridgehead atoms. The number of phenols is 1. The number of amides is 1. The van der Waals surface area contributed by atoms with Crippen molar-refractivity contribution < 1.29 is 19.4 Å². The standard InChI is InChI=1S/C16H22NO4/c1-10-6-13(19)7-11(2)14(10)8-12(9-18)17-15(20)21-16(3,4)5/h6-7,9,12,19H,8H2,1-5H3/t12-/m0/s1. The number of benzene rings is 1. The number of aryl methyl sites for hydroxylation is 2. The number of carbonyl (C=O) groups excluding carboxylic acids is 2. The van der Waals surface area contributed by atoms with Crippen LogP contribution in [0.25, 0.3) is 0 Å². The minimum Gasteiger partial charge on any atom is -0.508 e. The molecule has 5 nitrogen and oxygen atoms in total. The molecule has 1 radical (unpaired) electrons. The van der Waals surface area contributed by atoms with E-state index in [0.29, 0.717) is 12.7 Å². The molecule has 0 aromatic heterocycles. The van der Waals surface area contributed by atoms with Crippen LogP contribution in [0.3, 0.4) is 0 Å². The lowest BCUT2D eigenvalue weighted by Gasteiger charge is -2.20. The Morgan fingerprint density at radius 1 is 1.33 bits per heavy atom. The SMILES string of the molecule is Cc1cc(O)cc(C)c1C[C@@H](C=O)[N]C(=O)OC(C)(C)C. The zero-order valence-corrected chi connectivity index (χ0v) is 13.1. The molecule has 5 heteroatoms. The van der Waals surface area contributed by atoms with Crippen LogP contribution in [-0.4, -0.2) is 29.1 Å². The van der Waals surface area contributed by atoms with E-state index in [1.54, 1.807) is 32.9 Å². The van der Waals surface area contributed by atoms with Crippen LogP contribution in [0.2, 0.25) is 0 Å². The third kappa shape index (κ3) is 5.45. The Bertz CT molecular complexity index is 509. The Morgan fingerprint density at radius 2 is 1.86 bits per heavy atom. The first-order chi connectivity index (χ1) is 9.62. The molecular weight excluding hydrogens is 270 g/mol. The molecule has 0 fully saturated rings. The van der Waals surface area contributed by atoms with E-state index in [-0.39, 0.29) is 5.75 Å². The van der Waals surface area contributed by atoms with E-state index in [1.807, 2.05) is 13.8 Å². The summed E-state index contributed by atoms with van der Waals surface area (Å²) in [5, 5.41) is 13.3. The average molecular weight is 292 g/mol. The summed E-state index contributed by atoms with van der Waals surface area (Å²) in [6.45, 7) is 8.91. The van der Waals surface area contributed by atoms with Gasteiger partial charge >= 0.3 is 6.09 Å². The molecule has 0 aliphatic carbocycles. The lowest BCUT2D eigenvalue weighted by molar-refractivity contribution is -0.109. The Labute approximate surface area is 125 Å². The van der Waals surface area contributed by atoms with Crippen molar-refractivity contribution in [2.45, 2.75) is 52.7 Å². The van der Waals surface area contributed by atoms with Gasteiger partial charge in [-0.15, -0.1) is 0 Å². The highest BCUT2D eigenvalue weighted by Gasteiger charge is 2.22. The van der Waals surface area contributed by atoms with Crippen LogP contribution in [0, 0.1) is 13.8 Å². The van der Waals surface area contributed by atoms with Crippen molar-refractivity contribution in [1.82, 2.24) is 5.32 Å². The number of ether oxygens (including phenoxy) is 1. The van der Waals surface area contributed by atoms with Crippen LogP contribution < -0.4 is 5.32 Å². The van der Waals surface area contributed by atoms with Gasteiger partial charge in [-0.1, -0.05) is 0 Å². The van der Waals surface area contributed by atoms with Gasteiger partial charge in [-0.3, -0.25) is 0 Å². The van der Waals surface area contributed by atoms with Crippen LogP contribution in [0.4, 0.5) is 4.79 Å². The fourth-order valence-electron chi connectivity index (χ4n) is 2.05. The monoisotopic (exact) mass is 292 g/mol. The van der Waals surface area contributed by atoms with Crippen molar-refractivity contribution in [2.24, 2.45) is 0 Å². The molecule has 0 aliphatic heterocycles. The summed E-state index contributed by atoms with van der Waals surface area (Å²) in [6, 6.07) is 2.46. The molecular formula is C16H22NO4. The minimum absolute atomic E-state index is 0.181. The first-order valence-electron chi connectivity index (χ1n) is 6.80. The lowest BCUT2D eigenvalue weighted by atomic mass is 9.96. The molecule has 1 atom stereocenters. The van der Waals surface area contributed by atoms with Crippen molar-refractivity contribution in [3.05, 3.63) is 28.8 Å². The maximum absolute atomic E-state index is 11.7. The lowest BCUT2D eigenvalue weighted by Crippen LogP contribution is -2.36. The predicted molar refractivity (Wildman–Crippen MR) is 79.5 cm³/mol. The highest BCUT2D eigenvalue weighted by molar-refractivity contribution is 5.73. The van der Waals surface area contributed by atoms with Gasteiger partial charge in [0.05, 0.1) is 0 Å². The van der Waals surface area contributed by atoms with E-state index < -0.39 is 17.7 Å². The molecule has 0 aliphatic rings. The number of nitrogens with zero attached hydrogens (tertiary/aromatic N) is 1. The van der Waals surface area contributed by atoms with E-state index in [4.69, 9.17) is 4.74 Å². The van der Waals surface area contributed by atoms with E-state index in [2.05, 4.69) is 5.32 Å². The van der Waals surface area contributed by atoms with Crippen molar-refractivity contribution >= 4 is 12.4 Å². The highest BCUT2D eigenvalue weighted by Crippen LogP contribution is 2.22. The summed E-state index contributed by atoms with van der Waals surface area (Å²) < 4.78 is 5.08. The molecule has 0 saturated heterocycles. The molecule has 1 rings (SSSR count). The van der Waals surface area contributed by atoms with Crippen molar-refractivity contribution in [3.63, 3.8) is 0 Å². The molecule has 0 spiro atoms. The Kier molecular flexibility index (Phi) is 5.35. The maximum atomic E-state index is 11.7. The molecule has 1 N–H and O–H groups in total. The van der Waals surface area contributed by atoms with Crippen LogP contribution in [0.15, 0.2) is 12.1 Å². The Balaban J connectivity index is 2.80. The number of aldehydes is 1. The predicted octanol–water partition coefficient (Wildman–Crippen LogP) is 2.66. The van der Waals surface area contributed by atoms with Crippen LogP contribution in [0.5, 0.6) is 5.75 Å². The molecule has 0 heterocycles. The van der Waals surface area contributed by atoms with Gasteiger partial charge in [0.15, 0.2) is 0 Å². The van der Waals surface area contributed by atoms with E-state index in [9.17, 15) is 14.7 Å². The van der Waals surface area contributed by atoms with Crippen LogP contribution >= 0.6 is 0 Å². The van der Waals surface area contributed by atoms with Gasteiger partial charge in [0, 0.05) is 6.42 Å². The van der Waals surface area contributed by atoms with E-state index in [1.165, 1.54) is 0 Å². The molecule has 1 aromatic carbocycles. The van der Waals surface area contributed by atoms with E-state index >= 15 is 0 Å². The Hall–Kier alpha value is -2.04. The van der Waals surface area contributed by atoms with Gasteiger partial charge in [-0.05, 0) is 63.4 Å². The topological polar surface area (TPSA) is 77.7 Å². The first kappa shape index (κ1) is 17.0. The summed E-state index contributed by atoms with van der Waals surface area (Å²) in [4.78, 5) is 22.8. The van der Waals surface area contributed by atoms with Gasteiger partial charge in [-0.2, -0.15) is 0 Å². The average Bonchev–Trinajstić information content (AvgIpc) is 2.29. The number of phenolic OH excluding ortho intramolecular Hbond substituents is 1. The highest BCUT2D eigenvalue weighted by atomic mass is 16.6. The second-order valence-corrected chi connectivity index (χ2v) is 6.08. The zero-order chi connectivity index (χ0) is 16.2. The smallest absolute Gasteiger partial charge is 0.430 e. The molecule has 21 heavy (non-hydrogen) atoms. The Morgan fingerprint density at radius 3 is 2.29 bits per heavy atom. The second kappa shape index (κ2) is 6.61. The third-order valence-corrected chi connectivity index (χ3v) is 2.92. The van der Waals surface area contributed by atoms with Gasteiger partial charge < -0.3 is 14.6 Å². The zero-order valence-electron chi connectivity index (χ0n) is 13.1. The number of aromatic hydroxyl groups is 1. The molecule has 115 valence electrons. The first-order valence-corrected chi connectivity index (χ1v) is 6.80. The number of hydrogen-bond donors (Lipinski definition) is 1. The summed E-state index contributed by atoms with van der Waals surface area (Å²) in [7, 11) is 0. The van der Waals surface area contributed by atoms with E-state index in [0.717, 1.165) is 16.7 Å². The second-order valence-electron chi connectivity index (χ2n) is 6.08. The number of carbonyl (C=O) groups is 2. The van der Waals surface area contributed by atoms with Gasteiger partial charge in [-0.25, -0.2) is 10.1 Å². The van der Waals surface area contributed by atoms with Crippen molar-refractivity contribution in [3.8, 4) is 5.75 Å². The minimum atomic E-state index is -0.790. The summed E-state index contributed by atoms with van der Waals surface area (Å²) in [5.74, 6) is 0.181. The third-order valence-electron chi connectivity index (χ3n) is 2.92. The molecule has 0 saturated carbocycles. The molecule has 1 aromatic rings. The fraction of sp³-hybridized carbons (Fsp3) is 0.500. The van der Waals surface area contributed by atoms with Crippen molar-refractivity contribution in [2.75, 3.05) is 0 Å². The normalized spacial score (nSPS) is 12.6. The quantitative estimate of drug-likeness (QED) is 0.865.